The molecule has 1 aliphatic rings. The van der Waals surface area contributed by atoms with Gasteiger partial charge in [-0.05, 0) is 31.5 Å². The van der Waals surface area contributed by atoms with Crippen molar-refractivity contribution in [2.45, 2.75) is 46.1 Å². The third-order valence-corrected chi connectivity index (χ3v) is 5.02. The van der Waals surface area contributed by atoms with E-state index < -0.39 is 11.7 Å². The molecule has 0 atom stereocenters. The van der Waals surface area contributed by atoms with Crippen LogP contribution in [-0.2, 0) is 32.2 Å². The Bertz CT molecular complexity index is 972. The highest BCUT2D eigenvalue weighted by Gasteiger charge is 2.30. The molecule has 1 aromatic carbocycles. The Hall–Kier alpha value is -2.61. The molecule has 8 heteroatoms. The molecule has 1 aliphatic heterocycles. The molecule has 5 nitrogen and oxygen atoms in total. The largest absolute Gasteiger partial charge is 0.440 e. The van der Waals surface area contributed by atoms with Gasteiger partial charge in [0.15, 0.2) is 5.69 Å². The minimum absolute atomic E-state index is 0.511. The number of hydrogen-bond donors (Lipinski definition) is 0. The summed E-state index contributed by atoms with van der Waals surface area (Å²) in [5, 5.41) is 4.68. The number of rotatable bonds is 4. The summed E-state index contributed by atoms with van der Waals surface area (Å²) in [5.74, 6) is 1.24. The zero-order valence-corrected chi connectivity index (χ0v) is 15.8. The molecule has 0 radical (unpaired) electrons. The third kappa shape index (κ3) is 3.56. The molecule has 0 saturated carbocycles. The SMILES string of the molecule is CCn1nc(-c2ncc(C)o2)c2c1CCN(Cc1ccc(C(F)(F)F)cc1)C2. The first-order valence-electron chi connectivity index (χ1n) is 9.25. The molecule has 28 heavy (non-hydrogen) atoms. The molecule has 0 saturated heterocycles. The maximum Gasteiger partial charge on any atom is 0.416 e. The van der Waals surface area contributed by atoms with Gasteiger partial charge in [-0.2, -0.15) is 18.3 Å². The molecule has 0 unspecified atom stereocenters. The van der Waals surface area contributed by atoms with E-state index in [9.17, 15) is 13.2 Å². The fourth-order valence-corrected chi connectivity index (χ4v) is 3.64. The van der Waals surface area contributed by atoms with Gasteiger partial charge in [-0.3, -0.25) is 9.58 Å². The van der Waals surface area contributed by atoms with E-state index in [2.05, 4.69) is 15.0 Å². The van der Waals surface area contributed by atoms with Crippen LogP contribution in [-0.4, -0.2) is 26.2 Å². The highest BCUT2D eigenvalue weighted by molar-refractivity contribution is 5.55. The number of hydrogen-bond acceptors (Lipinski definition) is 4. The quantitative estimate of drug-likeness (QED) is 0.661. The predicted molar refractivity (Wildman–Crippen MR) is 97.4 cm³/mol. The van der Waals surface area contributed by atoms with Crippen molar-refractivity contribution in [2.75, 3.05) is 6.54 Å². The Kier molecular flexibility index (Phi) is 4.74. The number of aryl methyl sites for hydroxylation is 2. The van der Waals surface area contributed by atoms with E-state index in [1.807, 2.05) is 18.5 Å². The molecule has 3 aromatic rings. The number of aromatic nitrogens is 3. The van der Waals surface area contributed by atoms with Gasteiger partial charge in [-0.15, -0.1) is 0 Å². The van der Waals surface area contributed by atoms with Crippen molar-refractivity contribution in [1.82, 2.24) is 19.7 Å². The normalized spacial score (nSPS) is 15.0. The molecule has 2 aromatic heterocycles. The Labute approximate surface area is 160 Å². The molecule has 148 valence electrons. The van der Waals surface area contributed by atoms with Crippen LogP contribution in [0.25, 0.3) is 11.6 Å². The second-order valence-corrected chi connectivity index (χ2v) is 7.02. The average Bonchev–Trinajstić information content (AvgIpc) is 3.24. The van der Waals surface area contributed by atoms with Crippen LogP contribution in [0.5, 0.6) is 0 Å². The topological polar surface area (TPSA) is 47.1 Å². The number of alkyl halides is 3. The minimum Gasteiger partial charge on any atom is -0.440 e. The van der Waals surface area contributed by atoms with Crippen LogP contribution in [0.3, 0.4) is 0 Å². The van der Waals surface area contributed by atoms with E-state index in [0.29, 0.717) is 19.0 Å². The first-order valence-corrected chi connectivity index (χ1v) is 9.25. The van der Waals surface area contributed by atoms with E-state index in [-0.39, 0.29) is 0 Å². The van der Waals surface area contributed by atoms with Crippen molar-refractivity contribution in [3.05, 3.63) is 58.6 Å². The van der Waals surface area contributed by atoms with Crippen LogP contribution in [0.1, 0.15) is 35.1 Å². The second-order valence-electron chi connectivity index (χ2n) is 7.02. The van der Waals surface area contributed by atoms with Crippen molar-refractivity contribution in [1.29, 1.82) is 0 Å². The third-order valence-electron chi connectivity index (χ3n) is 5.02. The number of fused-ring (bicyclic) bond motifs is 1. The van der Waals surface area contributed by atoms with Crippen molar-refractivity contribution in [3.63, 3.8) is 0 Å². The molecule has 0 spiro atoms. The fraction of sp³-hybridized carbons (Fsp3) is 0.400. The smallest absolute Gasteiger partial charge is 0.416 e. The average molecular weight is 390 g/mol. The monoisotopic (exact) mass is 390 g/mol. The maximum absolute atomic E-state index is 12.8. The first-order chi connectivity index (χ1) is 13.3. The van der Waals surface area contributed by atoms with Crippen molar-refractivity contribution < 1.29 is 17.6 Å². The summed E-state index contributed by atoms with van der Waals surface area (Å²) in [6, 6.07) is 5.37. The Morgan fingerprint density at radius 3 is 2.54 bits per heavy atom. The molecule has 3 heterocycles. The zero-order chi connectivity index (χ0) is 19.9. The summed E-state index contributed by atoms with van der Waals surface area (Å²) in [4.78, 5) is 6.53. The van der Waals surface area contributed by atoms with E-state index >= 15 is 0 Å². The van der Waals surface area contributed by atoms with Gasteiger partial charge in [0.05, 0.1) is 11.8 Å². The number of nitrogens with zero attached hydrogens (tertiary/aromatic N) is 4. The Morgan fingerprint density at radius 1 is 1.18 bits per heavy atom. The standard InChI is InChI=1S/C20H21F3N4O/c1-3-27-17-8-9-26(11-14-4-6-15(7-5-14)20(21,22)23)12-16(17)18(25-27)19-24-10-13(2)28-19/h4-7,10H,3,8-9,11-12H2,1-2H3. The van der Waals surface area contributed by atoms with Crippen LogP contribution >= 0.6 is 0 Å². The van der Waals surface area contributed by atoms with E-state index in [4.69, 9.17) is 4.42 Å². The molecule has 0 amide bonds. The van der Waals surface area contributed by atoms with Crippen molar-refractivity contribution in [3.8, 4) is 11.6 Å². The van der Waals surface area contributed by atoms with E-state index in [1.165, 1.54) is 5.69 Å². The molecule has 0 aliphatic carbocycles. The van der Waals surface area contributed by atoms with Gasteiger partial charge < -0.3 is 4.42 Å². The predicted octanol–water partition coefficient (Wildman–Crippen LogP) is 4.44. The molecule has 0 fully saturated rings. The fourth-order valence-electron chi connectivity index (χ4n) is 3.64. The summed E-state index contributed by atoms with van der Waals surface area (Å²) in [6.45, 7) is 6.72. The van der Waals surface area contributed by atoms with Gasteiger partial charge in [0.25, 0.3) is 0 Å². The summed E-state index contributed by atoms with van der Waals surface area (Å²) in [7, 11) is 0. The van der Waals surface area contributed by atoms with Gasteiger partial charge in [-0.1, -0.05) is 12.1 Å². The molecular formula is C20H21F3N4O. The minimum atomic E-state index is -4.31. The lowest BCUT2D eigenvalue weighted by Crippen LogP contribution is -2.30. The lowest BCUT2D eigenvalue weighted by molar-refractivity contribution is -0.137. The first kappa shape index (κ1) is 18.7. The van der Waals surface area contributed by atoms with E-state index in [1.54, 1.807) is 18.3 Å². The zero-order valence-electron chi connectivity index (χ0n) is 15.8. The van der Waals surface area contributed by atoms with Crippen LogP contribution in [0.4, 0.5) is 13.2 Å². The van der Waals surface area contributed by atoms with Gasteiger partial charge in [0.1, 0.15) is 5.76 Å². The maximum atomic E-state index is 12.8. The van der Waals surface area contributed by atoms with Crippen LogP contribution in [0.2, 0.25) is 0 Å². The van der Waals surface area contributed by atoms with Gasteiger partial charge in [0, 0.05) is 43.9 Å². The number of halogens is 3. The Morgan fingerprint density at radius 2 is 1.93 bits per heavy atom. The number of oxazole rings is 1. The summed E-state index contributed by atoms with van der Waals surface area (Å²) >= 11 is 0. The molecule has 0 bridgehead atoms. The van der Waals surface area contributed by atoms with Gasteiger partial charge in [-0.25, -0.2) is 4.98 Å². The second kappa shape index (κ2) is 7.09. The number of benzene rings is 1. The molecular weight excluding hydrogens is 369 g/mol. The van der Waals surface area contributed by atoms with Crippen LogP contribution in [0.15, 0.2) is 34.9 Å². The van der Waals surface area contributed by atoms with Crippen LogP contribution in [0, 0.1) is 6.92 Å². The van der Waals surface area contributed by atoms with Gasteiger partial charge in [0.2, 0.25) is 5.89 Å². The summed E-state index contributed by atoms with van der Waals surface area (Å²) in [6.07, 6.45) is -1.80. The molecule has 4 rings (SSSR count). The van der Waals surface area contributed by atoms with Crippen molar-refractivity contribution >= 4 is 0 Å². The lowest BCUT2D eigenvalue weighted by atomic mass is 10.0. The summed E-state index contributed by atoms with van der Waals surface area (Å²) < 4.78 is 45.9. The highest BCUT2D eigenvalue weighted by Crippen LogP contribution is 2.32. The molecule has 0 N–H and O–H groups in total. The van der Waals surface area contributed by atoms with E-state index in [0.717, 1.165) is 54.2 Å². The van der Waals surface area contributed by atoms with Gasteiger partial charge >= 0.3 is 6.18 Å². The summed E-state index contributed by atoms with van der Waals surface area (Å²) in [5.41, 5.74) is 3.25. The van der Waals surface area contributed by atoms with Crippen molar-refractivity contribution in [2.24, 2.45) is 0 Å². The lowest BCUT2D eigenvalue weighted by Gasteiger charge is -2.27. The highest BCUT2D eigenvalue weighted by atomic mass is 19.4. The Balaban J connectivity index is 1.56. The van der Waals surface area contributed by atoms with Crippen LogP contribution < -0.4 is 0 Å².